The molecule has 1 aromatic carbocycles. The van der Waals surface area contributed by atoms with Crippen molar-refractivity contribution in [2.75, 3.05) is 13.7 Å². The number of ether oxygens (including phenoxy) is 1. The molecule has 0 saturated heterocycles. The number of carbonyl (C=O) groups excluding carboxylic acids is 2. The molecule has 98 valence electrons. The van der Waals surface area contributed by atoms with Crippen LogP contribution in [0.1, 0.15) is 15.9 Å². The third kappa shape index (κ3) is 3.71. The van der Waals surface area contributed by atoms with E-state index in [1.807, 2.05) is 13.0 Å². The molecule has 1 unspecified atom stereocenters. The van der Waals surface area contributed by atoms with Crippen molar-refractivity contribution < 1.29 is 14.3 Å². The first-order valence-electron chi connectivity index (χ1n) is 5.22. The lowest BCUT2D eigenvalue weighted by molar-refractivity contribution is -0.139. The predicted octanol–water partition coefficient (Wildman–Crippen LogP) is 2.31. The van der Waals surface area contributed by atoms with Gasteiger partial charge in [0.2, 0.25) is 0 Å². The molecular formula is C12H13BrClNO3. The minimum absolute atomic E-state index is 0.135. The van der Waals surface area contributed by atoms with Crippen LogP contribution in [0, 0.1) is 6.92 Å². The Kier molecular flexibility index (Phi) is 5.62. The molecule has 1 atom stereocenters. The zero-order chi connectivity index (χ0) is 13.7. The van der Waals surface area contributed by atoms with Gasteiger partial charge in [-0.05, 0) is 18.6 Å². The second-order valence-corrected chi connectivity index (χ2v) is 5.12. The molecule has 0 spiro atoms. The summed E-state index contributed by atoms with van der Waals surface area (Å²) >= 11 is 9.14. The Bertz CT molecular complexity index is 465. The summed E-state index contributed by atoms with van der Waals surface area (Å²) in [5.74, 6) is -0.761. The molecule has 18 heavy (non-hydrogen) atoms. The van der Waals surface area contributed by atoms with Crippen LogP contribution in [0.25, 0.3) is 0 Å². The lowest BCUT2D eigenvalue weighted by atomic mass is 10.1. The van der Waals surface area contributed by atoms with E-state index in [9.17, 15) is 9.59 Å². The third-order valence-electron chi connectivity index (χ3n) is 2.34. The summed E-state index contributed by atoms with van der Waals surface area (Å²) in [6.45, 7) is 1.95. The molecule has 4 nitrogen and oxygen atoms in total. The number of hydrogen-bond acceptors (Lipinski definition) is 3. The Balaban J connectivity index is 2.66. The van der Waals surface area contributed by atoms with Crippen LogP contribution in [0.15, 0.2) is 18.2 Å². The summed E-state index contributed by atoms with van der Waals surface area (Å²) in [6, 6.07) is 5.20. The van der Waals surface area contributed by atoms with E-state index in [4.69, 9.17) is 11.6 Å². The summed E-state index contributed by atoms with van der Waals surface area (Å²) < 4.78 is 4.53. The zero-order valence-electron chi connectivity index (χ0n) is 10.00. The van der Waals surface area contributed by atoms with Crippen molar-refractivity contribution in [2.24, 2.45) is 0 Å². The van der Waals surface area contributed by atoms with E-state index in [0.29, 0.717) is 10.6 Å². The van der Waals surface area contributed by atoms with Crippen molar-refractivity contribution in [3.05, 3.63) is 34.3 Å². The Morgan fingerprint density at radius 1 is 1.50 bits per heavy atom. The van der Waals surface area contributed by atoms with Crippen molar-refractivity contribution in [3.63, 3.8) is 0 Å². The van der Waals surface area contributed by atoms with Gasteiger partial charge < -0.3 is 10.1 Å². The Hall–Kier alpha value is -1.07. The second-order valence-electron chi connectivity index (χ2n) is 3.64. The minimum Gasteiger partial charge on any atom is -0.468 e. The number of rotatable bonds is 4. The Morgan fingerprint density at radius 3 is 2.78 bits per heavy atom. The molecule has 0 aliphatic rings. The number of aryl methyl sites for hydroxylation is 1. The first kappa shape index (κ1) is 15.0. The number of esters is 1. The van der Waals surface area contributed by atoms with Crippen LogP contribution < -0.4 is 5.32 Å². The van der Waals surface area contributed by atoms with Crippen molar-refractivity contribution in [1.82, 2.24) is 5.32 Å². The summed E-state index contributed by atoms with van der Waals surface area (Å²) in [7, 11) is 1.29. The topological polar surface area (TPSA) is 55.4 Å². The molecule has 6 heteroatoms. The van der Waals surface area contributed by atoms with Gasteiger partial charge in [0.15, 0.2) is 0 Å². The monoisotopic (exact) mass is 333 g/mol. The van der Waals surface area contributed by atoms with Crippen molar-refractivity contribution >= 4 is 39.4 Å². The van der Waals surface area contributed by atoms with Crippen LogP contribution in [0.4, 0.5) is 0 Å². The van der Waals surface area contributed by atoms with Gasteiger partial charge in [-0.3, -0.25) is 9.59 Å². The highest BCUT2D eigenvalue weighted by atomic mass is 79.9. The quantitative estimate of drug-likeness (QED) is 0.679. The van der Waals surface area contributed by atoms with E-state index in [-0.39, 0.29) is 12.5 Å². The SMILES string of the molecule is COC(=O)C(Br)CNC(=O)c1cccc(C)c1Cl. The van der Waals surface area contributed by atoms with Gasteiger partial charge >= 0.3 is 5.97 Å². The fourth-order valence-corrected chi connectivity index (χ4v) is 1.87. The first-order chi connectivity index (χ1) is 8.47. The zero-order valence-corrected chi connectivity index (χ0v) is 12.3. The summed E-state index contributed by atoms with van der Waals surface area (Å²) in [5, 5.41) is 3.03. The van der Waals surface area contributed by atoms with Gasteiger partial charge in [-0.2, -0.15) is 0 Å². The molecule has 0 aromatic heterocycles. The van der Waals surface area contributed by atoms with Crippen molar-refractivity contribution in [2.45, 2.75) is 11.8 Å². The third-order valence-corrected chi connectivity index (χ3v) is 3.53. The van der Waals surface area contributed by atoms with E-state index in [1.54, 1.807) is 12.1 Å². The number of nitrogens with one attached hydrogen (secondary N) is 1. The first-order valence-corrected chi connectivity index (χ1v) is 6.52. The summed E-state index contributed by atoms with van der Waals surface area (Å²) in [4.78, 5) is 22.4. The Labute approximate surface area is 119 Å². The number of amides is 1. The fraction of sp³-hybridized carbons (Fsp3) is 0.333. The van der Waals surface area contributed by atoms with Gasteiger partial charge in [0.1, 0.15) is 4.83 Å². The average molecular weight is 335 g/mol. The standard InChI is InChI=1S/C12H13BrClNO3/c1-7-4-3-5-8(10(7)14)11(16)15-6-9(13)12(17)18-2/h3-5,9H,6H2,1-2H3,(H,15,16). The van der Waals surface area contributed by atoms with E-state index in [2.05, 4.69) is 26.0 Å². The highest BCUT2D eigenvalue weighted by Gasteiger charge is 2.17. The van der Waals surface area contributed by atoms with Crippen LogP contribution in [0.5, 0.6) is 0 Å². The number of halogens is 2. The predicted molar refractivity (Wildman–Crippen MR) is 73.3 cm³/mol. The van der Waals surface area contributed by atoms with E-state index < -0.39 is 10.8 Å². The molecule has 0 radical (unpaired) electrons. The number of alkyl halides is 1. The molecule has 0 aliphatic heterocycles. The highest BCUT2D eigenvalue weighted by molar-refractivity contribution is 9.10. The lowest BCUT2D eigenvalue weighted by Gasteiger charge is -2.10. The molecule has 1 rings (SSSR count). The van der Waals surface area contributed by atoms with Crippen molar-refractivity contribution in [1.29, 1.82) is 0 Å². The average Bonchev–Trinajstić information content (AvgIpc) is 2.37. The molecule has 0 saturated carbocycles. The number of carbonyl (C=O) groups is 2. The molecule has 1 N–H and O–H groups in total. The number of hydrogen-bond donors (Lipinski definition) is 1. The van der Waals surface area contributed by atoms with Crippen LogP contribution in [-0.2, 0) is 9.53 Å². The van der Waals surface area contributed by atoms with Crippen molar-refractivity contribution in [3.8, 4) is 0 Å². The maximum Gasteiger partial charge on any atom is 0.321 e. The normalized spacial score (nSPS) is 11.8. The molecule has 1 aromatic rings. The summed E-state index contributed by atoms with van der Waals surface area (Å²) in [5.41, 5.74) is 1.22. The number of methoxy groups -OCH3 is 1. The summed E-state index contributed by atoms with van der Waals surface area (Å²) in [6.07, 6.45) is 0. The largest absolute Gasteiger partial charge is 0.468 e. The molecule has 1 amide bonds. The van der Waals surface area contributed by atoms with Gasteiger partial charge in [0.25, 0.3) is 5.91 Å². The lowest BCUT2D eigenvalue weighted by Crippen LogP contribution is -2.34. The molecule has 0 fully saturated rings. The van der Waals surface area contributed by atoms with E-state index >= 15 is 0 Å². The van der Waals surface area contributed by atoms with E-state index in [1.165, 1.54) is 7.11 Å². The van der Waals surface area contributed by atoms with Gasteiger partial charge in [-0.25, -0.2) is 0 Å². The maximum absolute atomic E-state index is 11.9. The van der Waals surface area contributed by atoms with Crippen LogP contribution in [-0.4, -0.2) is 30.4 Å². The highest BCUT2D eigenvalue weighted by Crippen LogP contribution is 2.20. The van der Waals surface area contributed by atoms with Gasteiger partial charge in [-0.15, -0.1) is 0 Å². The molecule has 0 aliphatic carbocycles. The Morgan fingerprint density at radius 2 is 2.17 bits per heavy atom. The van der Waals surface area contributed by atoms with Crippen LogP contribution in [0.3, 0.4) is 0 Å². The minimum atomic E-state index is -0.574. The smallest absolute Gasteiger partial charge is 0.321 e. The van der Waals surface area contributed by atoms with Gasteiger partial charge in [0.05, 0.1) is 17.7 Å². The fourth-order valence-electron chi connectivity index (χ4n) is 1.31. The molecular weight excluding hydrogens is 321 g/mol. The van der Waals surface area contributed by atoms with E-state index in [0.717, 1.165) is 5.56 Å². The number of benzene rings is 1. The molecule has 0 heterocycles. The van der Waals surface area contributed by atoms with Crippen LogP contribution in [0.2, 0.25) is 5.02 Å². The second kappa shape index (κ2) is 6.75. The maximum atomic E-state index is 11.9. The van der Waals surface area contributed by atoms with Gasteiger partial charge in [0, 0.05) is 6.54 Å². The van der Waals surface area contributed by atoms with Gasteiger partial charge in [-0.1, -0.05) is 39.7 Å². The molecule has 0 bridgehead atoms. The van der Waals surface area contributed by atoms with Crippen LogP contribution >= 0.6 is 27.5 Å².